The number of benzene rings is 2. The molecule has 2 heteroatoms. The van der Waals surface area contributed by atoms with Gasteiger partial charge in [-0.2, -0.15) is 0 Å². The molecule has 1 aliphatic rings. The molecular formula is C18H20O2. The van der Waals surface area contributed by atoms with E-state index in [1.807, 2.05) is 6.07 Å². The first-order valence-electron chi connectivity index (χ1n) is 7.28. The van der Waals surface area contributed by atoms with Crippen LogP contribution in [0.2, 0.25) is 0 Å². The highest BCUT2D eigenvalue weighted by Gasteiger charge is 2.18. The summed E-state index contributed by atoms with van der Waals surface area (Å²) in [6.45, 7) is 2.89. The van der Waals surface area contributed by atoms with Crippen LogP contribution in [0.5, 0.6) is 5.75 Å². The van der Waals surface area contributed by atoms with E-state index in [1.165, 1.54) is 12.0 Å². The van der Waals surface area contributed by atoms with Crippen molar-refractivity contribution in [2.75, 3.05) is 6.61 Å². The molecule has 2 aromatic rings. The van der Waals surface area contributed by atoms with Crippen molar-refractivity contribution in [1.82, 2.24) is 0 Å². The Morgan fingerprint density at radius 3 is 2.60 bits per heavy atom. The van der Waals surface area contributed by atoms with Crippen LogP contribution in [0.25, 0.3) is 11.1 Å². The number of ether oxygens (including phenoxy) is 2. The Hall–Kier alpha value is -1.80. The van der Waals surface area contributed by atoms with Gasteiger partial charge in [0.05, 0.1) is 6.61 Å². The van der Waals surface area contributed by atoms with E-state index in [0.717, 1.165) is 36.3 Å². The predicted molar refractivity (Wildman–Crippen MR) is 80.8 cm³/mol. The molecule has 0 bridgehead atoms. The predicted octanol–water partition coefficient (Wildman–Crippen LogP) is 4.57. The van der Waals surface area contributed by atoms with Gasteiger partial charge in [-0.05, 0) is 30.9 Å². The van der Waals surface area contributed by atoms with Crippen molar-refractivity contribution < 1.29 is 9.47 Å². The average Bonchev–Trinajstić information content (AvgIpc) is 2.51. The van der Waals surface area contributed by atoms with Crippen LogP contribution < -0.4 is 4.74 Å². The summed E-state index contributed by atoms with van der Waals surface area (Å²) in [7, 11) is 0. The van der Waals surface area contributed by atoms with Gasteiger partial charge < -0.3 is 9.47 Å². The molecule has 2 aromatic carbocycles. The summed E-state index contributed by atoms with van der Waals surface area (Å²) in [6.07, 6.45) is 3.19. The summed E-state index contributed by atoms with van der Waals surface area (Å²) in [5.74, 6) is 0.950. The first-order chi connectivity index (χ1) is 9.84. The lowest BCUT2D eigenvalue weighted by Gasteiger charge is -2.25. The summed E-state index contributed by atoms with van der Waals surface area (Å²) in [5, 5.41) is 0. The zero-order chi connectivity index (χ0) is 13.8. The lowest BCUT2D eigenvalue weighted by molar-refractivity contribution is -0.105. The maximum absolute atomic E-state index is 6.15. The monoisotopic (exact) mass is 268 g/mol. The van der Waals surface area contributed by atoms with Crippen molar-refractivity contribution in [1.29, 1.82) is 0 Å². The van der Waals surface area contributed by atoms with Crippen LogP contribution in [-0.2, 0) is 4.74 Å². The third-order valence-electron chi connectivity index (χ3n) is 3.68. The summed E-state index contributed by atoms with van der Waals surface area (Å²) in [5.41, 5.74) is 3.47. The molecule has 0 amide bonds. The fraction of sp³-hybridized carbons (Fsp3) is 0.333. The highest BCUT2D eigenvalue weighted by Crippen LogP contribution is 2.34. The molecule has 1 atom stereocenters. The smallest absolute Gasteiger partial charge is 0.199 e. The maximum atomic E-state index is 6.15. The van der Waals surface area contributed by atoms with Crippen LogP contribution >= 0.6 is 0 Å². The molecule has 1 unspecified atom stereocenters. The lowest BCUT2D eigenvalue weighted by Crippen LogP contribution is -2.25. The van der Waals surface area contributed by atoms with Gasteiger partial charge in [-0.25, -0.2) is 0 Å². The highest BCUT2D eigenvalue weighted by molar-refractivity contribution is 5.72. The van der Waals surface area contributed by atoms with Crippen LogP contribution in [-0.4, -0.2) is 12.9 Å². The highest BCUT2D eigenvalue weighted by atomic mass is 16.7. The number of hydrogen-bond donors (Lipinski definition) is 0. The lowest BCUT2D eigenvalue weighted by atomic mass is 10.0. The number of hydrogen-bond acceptors (Lipinski definition) is 2. The molecule has 1 heterocycles. The van der Waals surface area contributed by atoms with Crippen molar-refractivity contribution in [3.05, 3.63) is 54.1 Å². The van der Waals surface area contributed by atoms with Gasteiger partial charge in [-0.1, -0.05) is 48.5 Å². The average molecular weight is 268 g/mol. The molecule has 104 valence electrons. The second-order valence-corrected chi connectivity index (χ2v) is 5.23. The normalized spacial score (nSPS) is 18.8. The minimum atomic E-state index is -0.104. The molecule has 3 rings (SSSR count). The largest absolute Gasteiger partial charge is 0.464 e. The van der Waals surface area contributed by atoms with Gasteiger partial charge in [0.15, 0.2) is 6.29 Å². The third-order valence-corrected chi connectivity index (χ3v) is 3.68. The molecule has 2 nitrogen and oxygen atoms in total. The first-order valence-corrected chi connectivity index (χ1v) is 7.28. The van der Waals surface area contributed by atoms with Crippen molar-refractivity contribution in [2.45, 2.75) is 32.5 Å². The van der Waals surface area contributed by atoms with Gasteiger partial charge in [-0.15, -0.1) is 0 Å². The fourth-order valence-electron chi connectivity index (χ4n) is 2.59. The van der Waals surface area contributed by atoms with Crippen molar-refractivity contribution in [3.8, 4) is 16.9 Å². The molecule has 20 heavy (non-hydrogen) atoms. The SMILES string of the molecule is Cc1cccc(-c2ccccc2)c1OC1CCCCO1. The van der Waals surface area contributed by atoms with E-state index in [1.54, 1.807) is 0 Å². The van der Waals surface area contributed by atoms with Crippen molar-refractivity contribution in [3.63, 3.8) is 0 Å². The first kappa shape index (κ1) is 13.2. The Morgan fingerprint density at radius 1 is 1.00 bits per heavy atom. The zero-order valence-corrected chi connectivity index (χ0v) is 11.8. The van der Waals surface area contributed by atoms with Gasteiger partial charge in [0, 0.05) is 12.0 Å². The van der Waals surface area contributed by atoms with Gasteiger partial charge >= 0.3 is 0 Å². The quantitative estimate of drug-likeness (QED) is 0.812. The Kier molecular flexibility index (Phi) is 4.03. The fourth-order valence-corrected chi connectivity index (χ4v) is 2.59. The van der Waals surface area contributed by atoms with E-state index in [2.05, 4.69) is 49.4 Å². The third kappa shape index (κ3) is 2.86. The van der Waals surface area contributed by atoms with E-state index >= 15 is 0 Å². The van der Waals surface area contributed by atoms with E-state index < -0.39 is 0 Å². The van der Waals surface area contributed by atoms with Crippen LogP contribution in [0.1, 0.15) is 24.8 Å². The molecule has 0 saturated carbocycles. The number of para-hydroxylation sites is 1. The van der Waals surface area contributed by atoms with Crippen molar-refractivity contribution >= 4 is 0 Å². The van der Waals surface area contributed by atoms with Crippen LogP contribution in [0, 0.1) is 6.92 Å². The molecule has 0 radical (unpaired) electrons. The second-order valence-electron chi connectivity index (χ2n) is 5.23. The molecule has 0 aliphatic carbocycles. The van der Waals surface area contributed by atoms with E-state index in [0.29, 0.717) is 0 Å². The molecule has 1 saturated heterocycles. The second kappa shape index (κ2) is 6.10. The molecule has 1 aliphatic heterocycles. The molecule has 0 spiro atoms. The van der Waals surface area contributed by atoms with Crippen LogP contribution in [0.4, 0.5) is 0 Å². The van der Waals surface area contributed by atoms with Gasteiger partial charge in [0.1, 0.15) is 5.75 Å². The van der Waals surface area contributed by atoms with E-state index in [-0.39, 0.29) is 6.29 Å². The number of aryl methyl sites for hydroxylation is 1. The summed E-state index contributed by atoms with van der Waals surface area (Å²) in [6, 6.07) is 16.6. The Labute approximate surface area is 120 Å². The maximum Gasteiger partial charge on any atom is 0.199 e. The Bertz CT molecular complexity index is 557. The van der Waals surface area contributed by atoms with Gasteiger partial charge in [-0.3, -0.25) is 0 Å². The summed E-state index contributed by atoms with van der Waals surface area (Å²) < 4.78 is 11.9. The minimum Gasteiger partial charge on any atom is -0.464 e. The molecule has 0 N–H and O–H groups in total. The van der Waals surface area contributed by atoms with Gasteiger partial charge in [0.2, 0.25) is 0 Å². The molecule has 1 fully saturated rings. The zero-order valence-electron chi connectivity index (χ0n) is 11.8. The van der Waals surface area contributed by atoms with E-state index in [9.17, 15) is 0 Å². The summed E-state index contributed by atoms with van der Waals surface area (Å²) >= 11 is 0. The summed E-state index contributed by atoms with van der Waals surface area (Å²) in [4.78, 5) is 0. The van der Waals surface area contributed by atoms with Crippen molar-refractivity contribution in [2.24, 2.45) is 0 Å². The Morgan fingerprint density at radius 2 is 1.85 bits per heavy atom. The minimum absolute atomic E-state index is 0.104. The van der Waals surface area contributed by atoms with Crippen LogP contribution in [0.3, 0.4) is 0 Å². The molecule has 0 aromatic heterocycles. The number of rotatable bonds is 3. The topological polar surface area (TPSA) is 18.5 Å². The van der Waals surface area contributed by atoms with E-state index in [4.69, 9.17) is 9.47 Å². The van der Waals surface area contributed by atoms with Gasteiger partial charge in [0.25, 0.3) is 0 Å². The Balaban J connectivity index is 1.92. The van der Waals surface area contributed by atoms with Crippen LogP contribution in [0.15, 0.2) is 48.5 Å². The molecular weight excluding hydrogens is 248 g/mol. The standard InChI is InChI=1S/C18H20O2/c1-14-8-7-11-16(15-9-3-2-4-10-15)18(14)20-17-12-5-6-13-19-17/h2-4,7-11,17H,5-6,12-13H2,1H3.